The Bertz CT molecular complexity index is 683. The van der Waals surface area contributed by atoms with Gasteiger partial charge in [-0.1, -0.05) is 31.2 Å². The molecule has 0 saturated heterocycles. The van der Waals surface area contributed by atoms with E-state index in [-0.39, 0.29) is 0 Å². The normalized spacial score (nSPS) is 19.1. The van der Waals surface area contributed by atoms with Crippen molar-refractivity contribution in [1.29, 1.82) is 0 Å². The van der Waals surface area contributed by atoms with Crippen molar-refractivity contribution in [1.82, 2.24) is 0 Å². The summed E-state index contributed by atoms with van der Waals surface area (Å²) in [5.41, 5.74) is 5.86. The summed E-state index contributed by atoms with van der Waals surface area (Å²) in [4.78, 5) is 12.9. The number of anilines is 1. The zero-order valence-electron chi connectivity index (χ0n) is 14.3. The number of hydrogen-bond acceptors (Lipinski definition) is 2. The minimum atomic E-state index is -0.916. The van der Waals surface area contributed by atoms with E-state index in [0.717, 1.165) is 12.1 Å². The Morgan fingerprint density at radius 3 is 2.78 bits per heavy atom. The molecule has 1 unspecified atom stereocenters. The van der Waals surface area contributed by atoms with E-state index in [1.54, 1.807) is 6.92 Å². The van der Waals surface area contributed by atoms with E-state index < -0.39 is 5.97 Å². The summed E-state index contributed by atoms with van der Waals surface area (Å²) in [6, 6.07) is 6.65. The highest BCUT2D eigenvalue weighted by molar-refractivity contribution is 5.81. The maximum Gasteiger partial charge on any atom is 0.328 e. The molecule has 1 aliphatic rings. The number of benzene rings is 1. The molecule has 0 amide bonds. The van der Waals surface area contributed by atoms with Gasteiger partial charge >= 0.3 is 5.97 Å². The van der Waals surface area contributed by atoms with E-state index in [4.69, 9.17) is 5.11 Å². The molecule has 0 saturated carbocycles. The summed E-state index contributed by atoms with van der Waals surface area (Å²) in [7, 11) is 2.15. The monoisotopic (exact) mass is 311 g/mol. The SMILES string of the molecule is CC(C=CC=C(C)c1ccc2c(c1)C(C)CCN2C)=CC(=O)O. The van der Waals surface area contributed by atoms with Gasteiger partial charge in [0.05, 0.1) is 0 Å². The van der Waals surface area contributed by atoms with E-state index in [0.29, 0.717) is 5.92 Å². The van der Waals surface area contributed by atoms with Crippen LogP contribution in [0.1, 0.15) is 44.2 Å². The van der Waals surface area contributed by atoms with E-state index in [1.807, 2.05) is 18.2 Å². The summed E-state index contributed by atoms with van der Waals surface area (Å²) in [6.07, 6.45) is 8.13. The average molecular weight is 311 g/mol. The van der Waals surface area contributed by atoms with Crippen LogP contribution in [0.25, 0.3) is 5.57 Å². The van der Waals surface area contributed by atoms with Crippen molar-refractivity contribution in [3.05, 3.63) is 59.2 Å². The Balaban J connectivity index is 2.22. The molecule has 0 aromatic heterocycles. The molecular formula is C20H25NO2. The van der Waals surface area contributed by atoms with E-state index >= 15 is 0 Å². The molecule has 1 aliphatic heterocycles. The third-order valence-electron chi connectivity index (χ3n) is 4.38. The zero-order chi connectivity index (χ0) is 17.0. The van der Waals surface area contributed by atoms with Gasteiger partial charge in [-0.3, -0.25) is 0 Å². The van der Waals surface area contributed by atoms with Crippen molar-refractivity contribution >= 4 is 17.2 Å². The first-order valence-corrected chi connectivity index (χ1v) is 8.00. The van der Waals surface area contributed by atoms with Crippen LogP contribution >= 0.6 is 0 Å². The standard InChI is InChI=1S/C20H25NO2/c1-14(12-20(22)23)6-5-7-15(2)17-8-9-19-18(13-17)16(3)10-11-21(19)4/h5-9,12-13,16H,10-11H2,1-4H3,(H,22,23). The lowest BCUT2D eigenvalue weighted by Gasteiger charge is -2.32. The van der Waals surface area contributed by atoms with Gasteiger partial charge in [0.1, 0.15) is 0 Å². The lowest BCUT2D eigenvalue weighted by atomic mass is 9.89. The highest BCUT2D eigenvalue weighted by Crippen LogP contribution is 2.35. The molecule has 1 aromatic rings. The van der Waals surface area contributed by atoms with Gasteiger partial charge in [-0.15, -0.1) is 0 Å². The number of allylic oxidation sites excluding steroid dienone is 5. The minimum absolute atomic E-state index is 0.588. The molecular weight excluding hydrogens is 286 g/mol. The minimum Gasteiger partial charge on any atom is -0.478 e. The molecule has 0 fully saturated rings. The molecule has 3 nitrogen and oxygen atoms in total. The number of rotatable bonds is 4. The molecule has 2 rings (SSSR count). The van der Waals surface area contributed by atoms with Crippen molar-refractivity contribution in [3.63, 3.8) is 0 Å². The van der Waals surface area contributed by atoms with Crippen molar-refractivity contribution in [2.24, 2.45) is 0 Å². The largest absolute Gasteiger partial charge is 0.478 e. The second kappa shape index (κ2) is 7.32. The van der Waals surface area contributed by atoms with E-state index in [9.17, 15) is 4.79 Å². The van der Waals surface area contributed by atoms with Gasteiger partial charge < -0.3 is 10.0 Å². The average Bonchev–Trinajstić information content (AvgIpc) is 2.50. The van der Waals surface area contributed by atoms with Gasteiger partial charge in [0, 0.05) is 25.4 Å². The third-order valence-corrected chi connectivity index (χ3v) is 4.38. The maximum atomic E-state index is 10.6. The van der Waals surface area contributed by atoms with Crippen molar-refractivity contribution < 1.29 is 9.90 Å². The molecule has 0 aliphatic carbocycles. The molecule has 0 spiro atoms. The lowest BCUT2D eigenvalue weighted by Crippen LogP contribution is -2.26. The third kappa shape index (κ3) is 4.35. The molecule has 23 heavy (non-hydrogen) atoms. The van der Waals surface area contributed by atoms with Crippen LogP contribution in [0.2, 0.25) is 0 Å². The second-order valence-corrected chi connectivity index (χ2v) is 6.32. The number of carbonyl (C=O) groups is 1. The summed E-state index contributed by atoms with van der Waals surface area (Å²) in [6.45, 7) is 7.26. The Labute approximate surface area is 138 Å². The molecule has 1 aromatic carbocycles. The predicted molar refractivity (Wildman–Crippen MR) is 96.9 cm³/mol. The van der Waals surface area contributed by atoms with E-state index in [1.165, 1.54) is 34.9 Å². The van der Waals surface area contributed by atoms with Crippen LogP contribution < -0.4 is 4.90 Å². The number of aliphatic carboxylic acids is 1. The number of fused-ring (bicyclic) bond motifs is 1. The van der Waals surface area contributed by atoms with Gasteiger partial charge in [0.2, 0.25) is 0 Å². The van der Waals surface area contributed by atoms with Gasteiger partial charge in [0.15, 0.2) is 0 Å². The summed E-state index contributed by atoms with van der Waals surface area (Å²) >= 11 is 0. The molecule has 1 N–H and O–H groups in total. The fourth-order valence-corrected chi connectivity index (χ4v) is 2.89. The van der Waals surface area contributed by atoms with Crippen molar-refractivity contribution in [2.75, 3.05) is 18.5 Å². The Morgan fingerprint density at radius 2 is 2.09 bits per heavy atom. The Hall–Kier alpha value is -2.29. The molecule has 3 heteroatoms. The topological polar surface area (TPSA) is 40.5 Å². The van der Waals surface area contributed by atoms with Gasteiger partial charge in [-0.25, -0.2) is 4.79 Å². The molecule has 1 heterocycles. The zero-order valence-corrected chi connectivity index (χ0v) is 14.3. The fourth-order valence-electron chi connectivity index (χ4n) is 2.89. The summed E-state index contributed by atoms with van der Waals surface area (Å²) in [5, 5.41) is 8.70. The van der Waals surface area contributed by atoms with Gasteiger partial charge in [0.25, 0.3) is 0 Å². The lowest BCUT2D eigenvalue weighted by molar-refractivity contribution is -0.131. The summed E-state index contributed by atoms with van der Waals surface area (Å²) in [5.74, 6) is -0.328. The van der Waals surface area contributed by atoms with Crippen LogP contribution in [0.15, 0.2) is 48.1 Å². The number of carboxylic acid groups (broad SMARTS) is 1. The predicted octanol–water partition coefficient (Wildman–Crippen LogP) is 4.62. The first kappa shape index (κ1) is 17.1. The maximum absolute atomic E-state index is 10.6. The highest BCUT2D eigenvalue weighted by Gasteiger charge is 2.20. The van der Waals surface area contributed by atoms with Crippen LogP contribution in [0, 0.1) is 0 Å². The number of hydrogen-bond donors (Lipinski definition) is 1. The Kier molecular flexibility index (Phi) is 5.43. The molecule has 122 valence electrons. The molecule has 1 atom stereocenters. The van der Waals surface area contributed by atoms with Crippen LogP contribution in [0.4, 0.5) is 5.69 Å². The van der Waals surface area contributed by atoms with Crippen molar-refractivity contribution in [3.8, 4) is 0 Å². The first-order valence-electron chi connectivity index (χ1n) is 8.00. The number of nitrogens with zero attached hydrogens (tertiary/aromatic N) is 1. The van der Waals surface area contributed by atoms with E-state index in [2.05, 4.69) is 44.0 Å². The van der Waals surface area contributed by atoms with Crippen molar-refractivity contribution in [2.45, 2.75) is 33.1 Å². The van der Waals surface area contributed by atoms with Crippen LogP contribution in [0.5, 0.6) is 0 Å². The summed E-state index contributed by atoms with van der Waals surface area (Å²) < 4.78 is 0. The smallest absolute Gasteiger partial charge is 0.328 e. The quantitative estimate of drug-likeness (QED) is 0.651. The Morgan fingerprint density at radius 1 is 1.35 bits per heavy atom. The fraction of sp³-hybridized carbons (Fsp3) is 0.350. The number of carboxylic acids is 1. The van der Waals surface area contributed by atoms with Crippen LogP contribution in [0.3, 0.4) is 0 Å². The second-order valence-electron chi connectivity index (χ2n) is 6.32. The van der Waals surface area contributed by atoms with Gasteiger partial charge in [-0.05, 0) is 60.6 Å². The van der Waals surface area contributed by atoms with Gasteiger partial charge in [-0.2, -0.15) is 0 Å². The van der Waals surface area contributed by atoms with Crippen LogP contribution in [-0.2, 0) is 4.79 Å². The highest BCUT2D eigenvalue weighted by atomic mass is 16.4. The first-order chi connectivity index (χ1) is 10.9. The molecule has 0 bridgehead atoms. The molecule has 0 radical (unpaired) electrons. The van der Waals surface area contributed by atoms with Crippen LogP contribution in [-0.4, -0.2) is 24.7 Å².